The first-order chi connectivity index (χ1) is 8.15. The van der Waals surface area contributed by atoms with Gasteiger partial charge in [-0.25, -0.2) is 5.43 Å². The first kappa shape index (κ1) is 12.0. The summed E-state index contributed by atoms with van der Waals surface area (Å²) < 4.78 is 1.72. The van der Waals surface area contributed by atoms with E-state index < -0.39 is 0 Å². The van der Waals surface area contributed by atoms with Crippen molar-refractivity contribution in [3.8, 4) is 0 Å². The van der Waals surface area contributed by atoms with Crippen molar-refractivity contribution >= 4 is 11.6 Å². The third-order valence-corrected chi connectivity index (χ3v) is 3.04. The Hall–Kier alpha value is -1.43. The third-order valence-electron chi connectivity index (χ3n) is 2.75. The average molecular weight is 252 g/mol. The topological polar surface area (TPSA) is 68.8 Å². The number of hydrogen-bond donors (Lipinski definition) is 2. The molecular weight excluding hydrogens is 238 g/mol. The van der Waals surface area contributed by atoms with Crippen LogP contribution in [0.3, 0.4) is 0 Å². The van der Waals surface area contributed by atoms with E-state index in [-0.39, 0.29) is 6.04 Å². The lowest BCUT2D eigenvalue weighted by Crippen LogP contribution is -2.31. The van der Waals surface area contributed by atoms with Crippen molar-refractivity contribution < 1.29 is 0 Å². The van der Waals surface area contributed by atoms with Crippen molar-refractivity contribution in [3.63, 3.8) is 0 Å². The molecule has 90 valence electrons. The van der Waals surface area contributed by atoms with Crippen LogP contribution in [0, 0.1) is 6.92 Å². The van der Waals surface area contributed by atoms with Crippen LogP contribution < -0.4 is 11.3 Å². The molecule has 6 heteroatoms. The molecule has 17 heavy (non-hydrogen) atoms. The van der Waals surface area contributed by atoms with E-state index in [0.29, 0.717) is 5.02 Å². The fourth-order valence-electron chi connectivity index (χ4n) is 1.87. The summed E-state index contributed by atoms with van der Waals surface area (Å²) in [6.45, 7) is 1.98. The monoisotopic (exact) mass is 251 g/mol. The number of nitrogens with one attached hydrogen (secondary N) is 1. The second-order valence-corrected chi connectivity index (χ2v) is 4.24. The number of nitrogens with zero attached hydrogens (tertiary/aromatic N) is 3. The first-order valence-corrected chi connectivity index (χ1v) is 5.57. The highest BCUT2D eigenvalue weighted by molar-refractivity contribution is 6.31. The fraction of sp³-hybridized carbons (Fsp3) is 0.273. The van der Waals surface area contributed by atoms with Crippen molar-refractivity contribution in [1.82, 2.24) is 20.2 Å². The number of halogens is 1. The Morgan fingerprint density at radius 1 is 1.47 bits per heavy atom. The molecule has 0 aromatic carbocycles. The summed E-state index contributed by atoms with van der Waals surface area (Å²) in [4.78, 5) is 4.06. The summed E-state index contributed by atoms with van der Waals surface area (Å²) in [6.07, 6.45) is 5.14. The molecule has 3 N–H and O–H groups in total. The van der Waals surface area contributed by atoms with Crippen LogP contribution in [0.1, 0.15) is 22.9 Å². The molecule has 2 rings (SSSR count). The number of hydrogen-bond acceptors (Lipinski definition) is 4. The zero-order valence-electron chi connectivity index (χ0n) is 9.68. The van der Waals surface area contributed by atoms with Crippen molar-refractivity contribution in [2.45, 2.75) is 13.0 Å². The lowest BCUT2D eigenvalue weighted by atomic mass is 10.0. The van der Waals surface area contributed by atoms with Gasteiger partial charge in [-0.15, -0.1) is 0 Å². The largest absolute Gasteiger partial charge is 0.271 e. The highest BCUT2D eigenvalue weighted by Crippen LogP contribution is 2.28. The van der Waals surface area contributed by atoms with Crippen molar-refractivity contribution in [2.75, 3.05) is 0 Å². The molecule has 0 aliphatic carbocycles. The lowest BCUT2D eigenvalue weighted by Gasteiger charge is -2.19. The minimum atomic E-state index is -0.196. The average Bonchev–Trinajstić information content (AvgIpc) is 2.64. The number of rotatable bonds is 3. The summed E-state index contributed by atoms with van der Waals surface area (Å²) in [5.41, 5.74) is 5.69. The highest BCUT2D eigenvalue weighted by atomic mass is 35.5. The Balaban J connectivity index is 2.52. The maximum absolute atomic E-state index is 6.13. The molecule has 0 fully saturated rings. The molecule has 5 nitrogen and oxygen atoms in total. The van der Waals surface area contributed by atoms with E-state index in [1.165, 1.54) is 0 Å². The van der Waals surface area contributed by atoms with Crippen molar-refractivity contribution in [3.05, 3.63) is 46.5 Å². The summed E-state index contributed by atoms with van der Waals surface area (Å²) >= 11 is 6.13. The highest BCUT2D eigenvalue weighted by Gasteiger charge is 2.21. The van der Waals surface area contributed by atoms with Gasteiger partial charge in [-0.1, -0.05) is 11.6 Å². The molecule has 0 spiro atoms. The molecule has 2 aromatic heterocycles. The van der Waals surface area contributed by atoms with Gasteiger partial charge >= 0.3 is 0 Å². The third kappa shape index (κ3) is 2.17. The smallest absolute Gasteiger partial charge is 0.0897 e. The molecule has 0 amide bonds. The molecule has 2 heterocycles. The van der Waals surface area contributed by atoms with Gasteiger partial charge in [-0.2, -0.15) is 5.10 Å². The van der Waals surface area contributed by atoms with Gasteiger partial charge in [0.2, 0.25) is 0 Å². The van der Waals surface area contributed by atoms with E-state index in [2.05, 4.69) is 15.5 Å². The van der Waals surface area contributed by atoms with Gasteiger partial charge in [-0.3, -0.25) is 15.5 Å². The van der Waals surface area contributed by atoms with E-state index in [1.54, 1.807) is 23.3 Å². The van der Waals surface area contributed by atoms with Gasteiger partial charge in [-0.05, 0) is 24.1 Å². The molecule has 0 aliphatic rings. The molecule has 0 aliphatic heterocycles. The fourth-order valence-corrected chi connectivity index (χ4v) is 2.14. The number of nitrogens with two attached hydrogens (primary N) is 1. The van der Waals surface area contributed by atoms with Gasteiger partial charge in [0.05, 0.1) is 23.0 Å². The van der Waals surface area contributed by atoms with E-state index in [9.17, 15) is 0 Å². The van der Waals surface area contributed by atoms with Gasteiger partial charge in [0.25, 0.3) is 0 Å². The Bertz CT molecular complexity index is 503. The van der Waals surface area contributed by atoms with Crippen LogP contribution in [0.4, 0.5) is 0 Å². The Labute approximate surface area is 105 Å². The minimum Gasteiger partial charge on any atom is -0.271 e. The van der Waals surface area contributed by atoms with Crippen LogP contribution in [0.2, 0.25) is 5.02 Å². The normalized spacial score (nSPS) is 12.7. The molecule has 0 bridgehead atoms. The molecule has 0 saturated carbocycles. The number of hydrazine groups is 1. The first-order valence-electron chi connectivity index (χ1n) is 5.19. The minimum absolute atomic E-state index is 0.196. The van der Waals surface area contributed by atoms with Crippen LogP contribution in [0.15, 0.2) is 24.7 Å². The second kappa shape index (κ2) is 4.83. The van der Waals surface area contributed by atoms with Gasteiger partial charge in [0, 0.05) is 19.4 Å². The maximum Gasteiger partial charge on any atom is 0.0897 e. The van der Waals surface area contributed by atoms with E-state index >= 15 is 0 Å². The van der Waals surface area contributed by atoms with Crippen LogP contribution in [-0.2, 0) is 7.05 Å². The van der Waals surface area contributed by atoms with Gasteiger partial charge < -0.3 is 0 Å². The predicted octanol–water partition coefficient (Wildman–Crippen LogP) is 1.33. The van der Waals surface area contributed by atoms with Crippen LogP contribution in [0.25, 0.3) is 0 Å². The molecule has 2 aromatic rings. The SMILES string of the molecule is Cc1cnccc1C(NN)c1c(Cl)cnn1C. The molecular formula is C11H14ClN5. The summed E-state index contributed by atoms with van der Waals surface area (Å²) in [7, 11) is 1.84. The molecule has 1 unspecified atom stereocenters. The number of pyridine rings is 1. The quantitative estimate of drug-likeness (QED) is 0.638. The summed E-state index contributed by atoms with van der Waals surface area (Å²) in [5, 5.41) is 4.70. The van der Waals surface area contributed by atoms with E-state index in [1.807, 2.05) is 20.0 Å². The predicted molar refractivity (Wildman–Crippen MR) is 66.4 cm³/mol. The Morgan fingerprint density at radius 3 is 2.76 bits per heavy atom. The van der Waals surface area contributed by atoms with Crippen molar-refractivity contribution in [1.29, 1.82) is 0 Å². The van der Waals surface area contributed by atoms with E-state index in [0.717, 1.165) is 16.8 Å². The standard InChI is InChI=1S/C11H14ClN5/c1-7-5-14-4-3-8(7)10(16-13)11-9(12)6-15-17(11)2/h3-6,10,16H,13H2,1-2H3. The summed E-state index contributed by atoms with van der Waals surface area (Å²) in [6, 6.07) is 1.72. The lowest BCUT2D eigenvalue weighted by molar-refractivity contribution is 0.572. The molecule has 1 atom stereocenters. The zero-order chi connectivity index (χ0) is 12.4. The second-order valence-electron chi connectivity index (χ2n) is 3.83. The Morgan fingerprint density at radius 2 is 2.24 bits per heavy atom. The van der Waals surface area contributed by atoms with E-state index in [4.69, 9.17) is 17.4 Å². The Kier molecular flexibility index (Phi) is 3.42. The summed E-state index contributed by atoms with van der Waals surface area (Å²) in [5.74, 6) is 5.63. The molecule has 0 saturated heterocycles. The maximum atomic E-state index is 6.13. The number of aryl methyl sites for hydroxylation is 2. The van der Waals surface area contributed by atoms with Crippen LogP contribution in [0.5, 0.6) is 0 Å². The number of aromatic nitrogens is 3. The van der Waals surface area contributed by atoms with Crippen molar-refractivity contribution in [2.24, 2.45) is 12.9 Å². The van der Waals surface area contributed by atoms with Crippen LogP contribution >= 0.6 is 11.6 Å². The molecule has 0 radical (unpaired) electrons. The van der Waals surface area contributed by atoms with Gasteiger partial charge in [0.15, 0.2) is 0 Å². The van der Waals surface area contributed by atoms with Gasteiger partial charge in [0.1, 0.15) is 0 Å². The van der Waals surface area contributed by atoms with Crippen LogP contribution in [-0.4, -0.2) is 14.8 Å². The zero-order valence-corrected chi connectivity index (χ0v) is 10.4.